The van der Waals surface area contributed by atoms with Crippen LogP contribution in [0.15, 0.2) is 23.1 Å². The number of hydrogen-bond acceptors (Lipinski definition) is 7. The van der Waals surface area contributed by atoms with Crippen molar-refractivity contribution in [2.45, 2.75) is 24.0 Å². The summed E-state index contributed by atoms with van der Waals surface area (Å²) in [6.07, 6.45) is -0.310. The fourth-order valence-electron chi connectivity index (χ4n) is 3.02. The minimum absolute atomic E-state index is 0.0425. The van der Waals surface area contributed by atoms with Crippen LogP contribution in [-0.4, -0.2) is 56.5 Å². The van der Waals surface area contributed by atoms with Crippen LogP contribution < -0.4 is 21.3 Å². The minimum Gasteiger partial charge on any atom is -0.349 e. The molecule has 4 N–H and O–H groups in total. The maximum atomic E-state index is 13.4. The van der Waals surface area contributed by atoms with Gasteiger partial charge >= 0.3 is 6.03 Å². The number of carbonyl (C=O) groups is 2. The summed E-state index contributed by atoms with van der Waals surface area (Å²) < 4.78 is 39.1. The number of nitrogens with zero attached hydrogens (tertiary/aromatic N) is 2. The van der Waals surface area contributed by atoms with E-state index in [0.29, 0.717) is 17.4 Å². The average molecular weight is 410 g/mol. The van der Waals surface area contributed by atoms with Crippen LogP contribution in [0.1, 0.15) is 6.92 Å². The maximum Gasteiger partial charge on any atom is 0.336 e. The zero-order valence-corrected chi connectivity index (χ0v) is 15.7. The third-order valence-electron chi connectivity index (χ3n) is 4.51. The number of nitrogens with one attached hydrogen (secondary N) is 4. The van der Waals surface area contributed by atoms with Crippen LogP contribution in [0.25, 0.3) is 0 Å². The molecule has 0 unspecified atom stereocenters. The number of amides is 3. The molecule has 1 atom stereocenters. The van der Waals surface area contributed by atoms with Gasteiger partial charge in [-0.1, -0.05) is 0 Å². The molecule has 0 spiro atoms. The Hall–Kier alpha value is -2.75. The maximum absolute atomic E-state index is 13.4. The lowest BCUT2D eigenvalue weighted by Crippen LogP contribution is -2.62. The lowest BCUT2D eigenvalue weighted by molar-refractivity contribution is -0.121. The first-order chi connectivity index (χ1) is 13.2. The van der Waals surface area contributed by atoms with Crippen molar-refractivity contribution in [2.24, 2.45) is 5.92 Å². The lowest BCUT2D eigenvalue weighted by Gasteiger charge is -2.33. The fraction of sp³-hybridized carbons (Fsp3) is 0.438. The molecule has 0 bridgehead atoms. The van der Waals surface area contributed by atoms with E-state index in [9.17, 15) is 22.4 Å². The molecule has 1 aromatic rings. The van der Waals surface area contributed by atoms with Gasteiger partial charge in [-0.2, -0.15) is 5.26 Å². The molecule has 12 heteroatoms. The summed E-state index contributed by atoms with van der Waals surface area (Å²) in [4.78, 5) is 24.1. The first-order valence-corrected chi connectivity index (χ1v) is 9.95. The van der Waals surface area contributed by atoms with E-state index in [-0.39, 0.29) is 17.8 Å². The Morgan fingerprint density at radius 2 is 2.11 bits per heavy atom. The third kappa shape index (κ3) is 3.91. The van der Waals surface area contributed by atoms with Crippen LogP contribution in [-0.2, 0) is 14.8 Å². The normalized spacial score (nSPS) is 24.5. The zero-order valence-electron chi connectivity index (χ0n) is 14.9. The number of anilines is 1. The van der Waals surface area contributed by atoms with E-state index in [4.69, 9.17) is 5.26 Å². The number of nitriles is 1. The Morgan fingerprint density at radius 3 is 2.75 bits per heavy atom. The molecule has 0 saturated carbocycles. The molecule has 1 fully saturated rings. The van der Waals surface area contributed by atoms with Crippen LogP contribution >= 0.6 is 0 Å². The SMILES string of the molecule is C[C@@H](NC(=O)CN1C(=O)Nc2ccc(F)cc2S1(=O)=O)C1NCC(C#N)CN1. The summed E-state index contributed by atoms with van der Waals surface area (Å²) >= 11 is 0. The van der Waals surface area contributed by atoms with E-state index < -0.39 is 45.3 Å². The summed E-state index contributed by atoms with van der Waals surface area (Å²) in [5.74, 6) is -1.65. The predicted molar refractivity (Wildman–Crippen MR) is 95.8 cm³/mol. The number of benzene rings is 1. The lowest BCUT2D eigenvalue weighted by atomic mass is 10.1. The molecule has 2 heterocycles. The highest BCUT2D eigenvalue weighted by Gasteiger charge is 2.38. The van der Waals surface area contributed by atoms with Gasteiger partial charge in [0.25, 0.3) is 10.0 Å². The van der Waals surface area contributed by atoms with Gasteiger partial charge in [-0.3, -0.25) is 15.4 Å². The average Bonchev–Trinajstić information content (AvgIpc) is 2.66. The summed E-state index contributed by atoms with van der Waals surface area (Å²) in [6, 6.07) is 3.66. The van der Waals surface area contributed by atoms with Gasteiger partial charge in [-0.05, 0) is 25.1 Å². The smallest absolute Gasteiger partial charge is 0.336 e. The first-order valence-electron chi connectivity index (χ1n) is 8.51. The van der Waals surface area contributed by atoms with Crippen LogP contribution in [0, 0.1) is 23.1 Å². The van der Waals surface area contributed by atoms with Gasteiger partial charge in [-0.25, -0.2) is 21.9 Å². The van der Waals surface area contributed by atoms with E-state index in [1.165, 1.54) is 0 Å². The number of carbonyl (C=O) groups excluding carboxylic acids is 2. The summed E-state index contributed by atoms with van der Waals surface area (Å²) in [5.41, 5.74) is -0.0425. The van der Waals surface area contributed by atoms with Crippen LogP contribution in [0.4, 0.5) is 14.9 Å². The van der Waals surface area contributed by atoms with Gasteiger partial charge in [0.15, 0.2) is 0 Å². The number of urea groups is 1. The number of hydrogen-bond donors (Lipinski definition) is 4. The van der Waals surface area contributed by atoms with E-state index in [1.807, 2.05) is 0 Å². The van der Waals surface area contributed by atoms with Gasteiger partial charge in [0, 0.05) is 13.1 Å². The highest BCUT2D eigenvalue weighted by molar-refractivity contribution is 7.90. The molecule has 2 aliphatic rings. The van der Waals surface area contributed by atoms with Crippen molar-refractivity contribution < 1.29 is 22.4 Å². The summed E-state index contributed by atoms with van der Waals surface area (Å²) in [6.45, 7) is 1.87. The molecule has 2 aliphatic heterocycles. The minimum atomic E-state index is -4.37. The second kappa shape index (κ2) is 7.70. The molecule has 0 aromatic heterocycles. The van der Waals surface area contributed by atoms with E-state index in [1.54, 1.807) is 6.92 Å². The van der Waals surface area contributed by atoms with Gasteiger partial charge in [0.2, 0.25) is 5.91 Å². The van der Waals surface area contributed by atoms with Crippen molar-refractivity contribution >= 4 is 27.6 Å². The molecular formula is C16H19FN6O4S. The monoisotopic (exact) mass is 410 g/mol. The molecule has 28 heavy (non-hydrogen) atoms. The van der Waals surface area contributed by atoms with Crippen molar-refractivity contribution in [3.63, 3.8) is 0 Å². The topological polar surface area (TPSA) is 143 Å². The Bertz CT molecular complexity index is 939. The summed E-state index contributed by atoms with van der Waals surface area (Å²) in [5, 5.41) is 20.0. The predicted octanol–water partition coefficient (Wildman–Crippen LogP) is -0.475. The Balaban J connectivity index is 1.67. The highest BCUT2D eigenvalue weighted by atomic mass is 32.2. The second-order valence-electron chi connectivity index (χ2n) is 6.56. The number of fused-ring (bicyclic) bond motifs is 1. The number of rotatable bonds is 4. The third-order valence-corrected chi connectivity index (χ3v) is 6.28. The van der Waals surface area contributed by atoms with Crippen LogP contribution in [0.5, 0.6) is 0 Å². The molecule has 0 aliphatic carbocycles. The Morgan fingerprint density at radius 1 is 1.43 bits per heavy atom. The second-order valence-corrected chi connectivity index (χ2v) is 8.39. The number of sulfonamides is 1. The largest absolute Gasteiger partial charge is 0.349 e. The molecule has 1 aromatic carbocycles. The van der Waals surface area contributed by atoms with Gasteiger partial charge in [-0.15, -0.1) is 0 Å². The van der Waals surface area contributed by atoms with Gasteiger partial charge < -0.3 is 10.6 Å². The molecule has 3 rings (SSSR count). The van der Waals surface area contributed by atoms with Crippen molar-refractivity contribution in [3.05, 3.63) is 24.0 Å². The van der Waals surface area contributed by atoms with Gasteiger partial charge in [0.1, 0.15) is 17.3 Å². The van der Waals surface area contributed by atoms with E-state index in [2.05, 4.69) is 27.3 Å². The van der Waals surface area contributed by atoms with E-state index in [0.717, 1.165) is 18.2 Å². The number of halogens is 1. The summed E-state index contributed by atoms with van der Waals surface area (Å²) in [7, 11) is -4.37. The Kier molecular flexibility index (Phi) is 5.50. The molecule has 0 radical (unpaired) electrons. The van der Waals surface area contributed by atoms with Crippen LogP contribution in [0.3, 0.4) is 0 Å². The quantitative estimate of drug-likeness (QED) is 0.525. The molecular weight excluding hydrogens is 391 g/mol. The first kappa shape index (κ1) is 20.0. The molecule has 10 nitrogen and oxygen atoms in total. The molecule has 1 saturated heterocycles. The highest BCUT2D eigenvalue weighted by Crippen LogP contribution is 2.30. The van der Waals surface area contributed by atoms with Crippen molar-refractivity contribution in [1.82, 2.24) is 20.3 Å². The Labute approximate surface area is 161 Å². The van der Waals surface area contributed by atoms with E-state index >= 15 is 0 Å². The van der Waals surface area contributed by atoms with Crippen molar-refractivity contribution in [2.75, 3.05) is 25.0 Å². The van der Waals surface area contributed by atoms with Crippen molar-refractivity contribution in [3.8, 4) is 6.07 Å². The van der Waals surface area contributed by atoms with Gasteiger partial charge in [0.05, 0.1) is 29.9 Å². The molecule has 3 amide bonds. The zero-order chi connectivity index (χ0) is 20.5. The fourth-order valence-corrected chi connectivity index (χ4v) is 4.46. The van der Waals surface area contributed by atoms with Crippen LogP contribution in [0.2, 0.25) is 0 Å². The molecule has 150 valence electrons. The van der Waals surface area contributed by atoms with Crippen molar-refractivity contribution in [1.29, 1.82) is 5.26 Å². The standard InChI is InChI=1S/C16H19FN6O4S/c1-9(15-19-6-10(5-18)7-20-15)21-14(24)8-23-16(25)22-12-3-2-11(17)4-13(12)28(23,26)27/h2-4,9-10,15,19-20H,6-8H2,1H3,(H,21,24)(H,22,25)/t9-,10?,15?/m1/s1.